The van der Waals surface area contributed by atoms with Crippen molar-refractivity contribution in [3.05, 3.63) is 53.0 Å². The van der Waals surface area contributed by atoms with E-state index in [2.05, 4.69) is 20.8 Å². The highest BCUT2D eigenvalue weighted by Crippen LogP contribution is 2.07. The highest BCUT2D eigenvalue weighted by molar-refractivity contribution is 5.94. The Kier molecular flexibility index (Phi) is 4.81. The molecule has 0 aliphatic rings. The zero-order valence-corrected chi connectivity index (χ0v) is 12.0. The molecule has 0 atom stereocenters. The summed E-state index contributed by atoms with van der Waals surface area (Å²) < 4.78 is 13.4. The number of halogens is 1. The summed E-state index contributed by atoms with van der Waals surface area (Å²) in [5.41, 5.74) is 1.97. The van der Waals surface area contributed by atoms with E-state index in [0.29, 0.717) is 18.9 Å². The van der Waals surface area contributed by atoms with Crippen molar-refractivity contribution in [1.82, 2.24) is 15.5 Å². The molecule has 2 N–H and O–H groups in total. The summed E-state index contributed by atoms with van der Waals surface area (Å²) in [7, 11) is 0. The lowest BCUT2D eigenvalue weighted by Gasteiger charge is -2.08. The monoisotopic (exact) mass is 288 g/mol. The molecule has 0 aliphatic carbocycles. The summed E-state index contributed by atoms with van der Waals surface area (Å²) in [4.78, 5) is 11.8. The van der Waals surface area contributed by atoms with Gasteiger partial charge in [0.05, 0.1) is 11.3 Å². The quantitative estimate of drug-likeness (QED) is 0.827. The molecule has 0 fully saturated rings. The number of aryl methyl sites for hydroxylation is 2. The summed E-state index contributed by atoms with van der Waals surface area (Å²) in [5, 5.41) is 13.7. The summed E-state index contributed by atoms with van der Waals surface area (Å²) in [6.45, 7) is 4.69. The van der Waals surface area contributed by atoms with Crippen molar-refractivity contribution < 1.29 is 9.18 Å². The first-order valence-electron chi connectivity index (χ1n) is 6.65. The predicted molar refractivity (Wildman–Crippen MR) is 78.7 cm³/mol. The minimum atomic E-state index is -0.525. The summed E-state index contributed by atoms with van der Waals surface area (Å²) in [6.07, 6.45) is 0. The fourth-order valence-corrected chi connectivity index (χ4v) is 1.74. The molecular weight excluding hydrogens is 271 g/mol. The zero-order valence-electron chi connectivity index (χ0n) is 12.0. The number of anilines is 1. The van der Waals surface area contributed by atoms with Crippen molar-refractivity contribution >= 4 is 11.7 Å². The average molecular weight is 288 g/mol. The van der Waals surface area contributed by atoms with E-state index in [1.54, 1.807) is 12.1 Å². The van der Waals surface area contributed by atoms with Gasteiger partial charge in [-0.1, -0.05) is 12.1 Å². The second-order valence-electron chi connectivity index (χ2n) is 4.66. The molecule has 1 aromatic heterocycles. The molecule has 0 unspecified atom stereocenters. The number of nitrogens with zero attached hydrogens (tertiary/aromatic N) is 2. The molecule has 21 heavy (non-hydrogen) atoms. The zero-order chi connectivity index (χ0) is 15.2. The Bertz CT molecular complexity index is 645. The molecule has 6 heteroatoms. The molecular formula is C15H17FN4O. The van der Waals surface area contributed by atoms with Crippen LogP contribution in [0.3, 0.4) is 0 Å². The van der Waals surface area contributed by atoms with E-state index in [4.69, 9.17) is 0 Å². The fourth-order valence-electron chi connectivity index (χ4n) is 1.74. The number of carbonyl (C=O) groups excluding carboxylic acids is 1. The number of carbonyl (C=O) groups is 1. The lowest BCUT2D eigenvalue weighted by molar-refractivity contribution is 0.0951. The smallest absolute Gasteiger partial charge is 0.254 e. The van der Waals surface area contributed by atoms with Crippen molar-refractivity contribution in [2.45, 2.75) is 13.8 Å². The lowest BCUT2D eigenvalue weighted by atomic mass is 10.2. The van der Waals surface area contributed by atoms with Gasteiger partial charge in [0.1, 0.15) is 11.6 Å². The van der Waals surface area contributed by atoms with Gasteiger partial charge >= 0.3 is 0 Å². The third kappa shape index (κ3) is 3.98. The Morgan fingerprint density at radius 2 is 1.95 bits per heavy atom. The van der Waals surface area contributed by atoms with Crippen molar-refractivity contribution in [3.63, 3.8) is 0 Å². The van der Waals surface area contributed by atoms with E-state index in [1.807, 2.05) is 19.9 Å². The number of benzene rings is 1. The van der Waals surface area contributed by atoms with E-state index in [0.717, 1.165) is 11.3 Å². The van der Waals surface area contributed by atoms with Gasteiger partial charge in [0.2, 0.25) is 0 Å². The van der Waals surface area contributed by atoms with Crippen LogP contribution in [0.4, 0.5) is 10.2 Å². The summed E-state index contributed by atoms with van der Waals surface area (Å²) in [5.74, 6) is -0.303. The topological polar surface area (TPSA) is 66.9 Å². The molecule has 1 aromatic carbocycles. The Labute approximate surface area is 122 Å². The van der Waals surface area contributed by atoms with Crippen LogP contribution in [-0.2, 0) is 0 Å². The van der Waals surface area contributed by atoms with Gasteiger partial charge in [-0.2, -0.15) is 5.10 Å². The van der Waals surface area contributed by atoms with E-state index in [9.17, 15) is 9.18 Å². The SMILES string of the molecule is Cc1cc(NCCNC(=O)c2ccccc2F)nnc1C. The molecule has 0 aliphatic heterocycles. The lowest BCUT2D eigenvalue weighted by Crippen LogP contribution is -2.29. The van der Waals surface area contributed by atoms with Crippen molar-refractivity contribution in [2.24, 2.45) is 0 Å². The molecule has 0 bridgehead atoms. The molecule has 110 valence electrons. The van der Waals surface area contributed by atoms with Gasteiger partial charge in [0, 0.05) is 13.1 Å². The van der Waals surface area contributed by atoms with Gasteiger partial charge < -0.3 is 10.6 Å². The highest BCUT2D eigenvalue weighted by Gasteiger charge is 2.09. The predicted octanol–water partition coefficient (Wildman–Crippen LogP) is 2.07. The molecule has 0 radical (unpaired) electrons. The van der Waals surface area contributed by atoms with Gasteiger partial charge in [-0.05, 0) is 37.6 Å². The van der Waals surface area contributed by atoms with Crippen LogP contribution in [0.15, 0.2) is 30.3 Å². The van der Waals surface area contributed by atoms with E-state index in [-0.39, 0.29) is 5.56 Å². The second-order valence-corrected chi connectivity index (χ2v) is 4.66. The van der Waals surface area contributed by atoms with E-state index >= 15 is 0 Å². The molecule has 2 rings (SSSR count). The summed E-state index contributed by atoms with van der Waals surface area (Å²) >= 11 is 0. The van der Waals surface area contributed by atoms with Crippen molar-refractivity contribution in [1.29, 1.82) is 0 Å². The Morgan fingerprint density at radius 3 is 2.67 bits per heavy atom. The first kappa shape index (κ1) is 14.9. The highest BCUT2D eigenvalue weighted by atomic mass is 19.1. The Balaban J connectivity index is 1.81. The maximum atomic E-state index is 13.4. The number of rotatable bonds is 5. The minimum Gasteiger partial charge on any atom is -0.367 e. The maximum absolute atomic E-state index is 13.4. The molecule has 1 amide bonds. The van der Waals surface area contributed by atoms with Crippen molar-refractivity contribution in [3.8, 4) is 0 Å². The number of aromatic nitrogens is 2. The third-order valence-electron chi connectivity index (χ3n) is 3.07. The second kappa shape index (κ2) is 6.78. The summed E-state index contributed by atoms with van der Waals surface area (Å²) in [6, 6.07) is 7.78. The molecule has 5 nitrogen and oxygen atoms in total. The molecule has 0 spiro atoms. The molecule has 0 saturated carbocycles. The van der Waals surface area contributed by atoms with E-state index in [1.165, 1.54) is 12.1 Å². The number of amides is 1. The molecule has 0 saturated heterocycles. The molecule has 2 aromatic rings. The first-order valence-corrected chi connectivity index (χ1v) is 6.65. The van der Waals surface area contributed by atoms with Crippen LogP contribution < -0.4 is 10.6 Å². The van der Waals surface area contributed by atoms with Crippen LogP contribution in [0.5, 0.6) is 0 Å². The fraction of sp³-hybridized carbons (Fsp3) is 0.267. The van der Waals surface area contributed by atoms with Gasteiger partial charge in [-0.15, -0.1) is 5.10 Å². The van der Waals surface area contributed by atoms with Crippen LogP contribution in [0, 0.1) is 19.7 Å². The number of hydrogen-bond acceptors (Lipinski definition) is 4. The van der Waals surface area contributed by atoms with Gasteiger partial charge in [-0.25, -0.2) is 4.39 Å². The normalized spacial score (nSPS) is 10.2. The van der Waals surface area contributed by atoms with Crippen LogP contribution >= 0.6 is 0 Å². The van der Waals surface area contributed by atoms with Crippen LogP contribution in [0.25, 0.3) is 0 Å². The third-order valence-corrected chi connectivity index (χ3v) is 3.07. The first-order chi connectivity index (χ1) is 10.1. The van der Waals surface area contributed by atoms with Gasteiger partial charge in [0.25, 0.3) is 5.91 Å². The van der Waals surface area contributed by atoms with E-state index < -0.39 is 11.7 Å². The average Bonchev–Trinajstić information content (AvgIpc) is 2.47. The van der Waals surface area contributed by atoms with Crippen LogP contribution in [-0.4, -0.2) is 29.2 Å². The minimum absolute atomic E-state index is 0.0449. The standard InChI is InChI=1S/C15H17FN4O/c1-10-9-14(20-19-11(10)2)17-7-8-18-15(21)12-5-3-4-6-13(12)16/h3-6,9H,7-8H2,1-2H3,(H,17,20)(H,18,21). The number of nitrogens with one attached hydrogen (secondary N) is 2. The van der Waals surface area contributed by atoms with Gasteiger partial charge in [-0.3, -0.25) is 4.79 Å². The Morgan fingerprint density at radius 1 is 1.19 bits per heavy atom. The van der Waals surface area contributed by atoms with Crippen LogP contribution in [0.2, 0.25) is 0 Å². The molecule has 1 heterocycles. The van der Waals surface area contributed by atoms with Crippen molar-refractivity contribution in [2.75, 3.05) is 18.4 Å². The largest absolute Gasteiger partial charge is 0.367 e. The van der Waals surface area contributed by atoms with Crippen LogP contribution in [0.1, 0.15) is 21.6 Å². The Hall–Kier alpha value is -2.50. The number of hydrogen-bond donors (Lipinski definition) is 2. The maximum Gasteiger partial charge on any atom is 0.254 e. The van der Waals surface area contributed by atoms with Gasteiger partial charge in [0.15, 0.2) is 0 Å².